The Labute approximate surface area is 117 Å². The SMILES string of the molecule is CCNCC(C)C(=O)Nc1cc(C(=O)OC)ccc1F. The van der Waals surface area contributed by atoms with Crippen LogP contribution >= 0.6 is 0 Å². The van der Waals surface area contributed by atoms with Gasteiger partial charge >= 0.3 is 5.97 Å². The highest BCUT2D eigenvalue weighted by Crippen LogP contribution is 2.17. The van der Waals surface area contributed by atoms with Gasteiger partial charge in [-0.15, -0.1) is 0 Å². The van der Waals surface area contributed by atoms with Gasteiger partial charge in [0.1, 0.15) is 5.82 Å². The second-order valence-electron chi connectivity index (χ2n) is 4.38. The van der Waals surface area contributed by atoms with Crippen LogP contribution in [0.1, 0.15) is 24.2 Å². The number of amides is 1. The first kappa shape index (κ1) is 16.1. The van der Waals surface area contributed by atoms with Gasteiger partial charge in [0.2, 0.25) is 5.91 Å². The summed E-state index contributed by atoms with van der Waals surface area (Å²) in [7, 11) is 1.24. The van der Waals surface area contributed by atoms with E-state index >= 15 is 0 Å². The Balaban J connectivity index is 2.80. The number of methoxy groups -OCH3 is 1. The summed E-state index contributed by atoms with van der Waals surface area (Å²) in [6, 6.07) is 3.69. The van der Waals surface area contributed by atoms with Crippen molar-refractivity contribution < 1.29 is 18.7 Å². The molecule has 2 N–H and O–H groups in total. The van der Waals surface area contributed by atoms with E-state index in [-0.39, 0.29) is 23.1 Å². The lowest BCUT2D eigenvalue weighted by molar-refractivity contribution is -0.119. The molecule has 0 saturated heterocycles. The highest BCUT2D eigenvalue weighted by Gasteiger charge is 2.16. The molecule has 0 fully saturated rings. The number of benzene rings is 1. The Bertz CT molecular complexity index is 491. The fraction of sp³-hybridized carbons (Fsp3) is 0.429. The van der Waals surface area contributed by atoms with Gasteiger partial charge in [0.05, 0.1) is 18.4 Å². The summed E-state index contributed by atoms with van der Waals surface area (Å²) in [5, 5.41) is 5.52. The average molecular weight is 282 g/mol. The van der Waals surface area contributed by atoms with Gasteiger partial charge in [0.15, 0.2) is 0 Å². The Kier molecular flexibility index (Phi) is 6.11. The third-order valence-electron chi connectivity index (χ3n) is 2.79. The molecule has 1 rings (SSSR count). The molecule has 0 aliphatic carbocycles. The van der Waals surface area contributed by atoms with Crippen LogP contribution in [0.2, 0.25) is 0 Å². The zero-order valence-electron chi connectivity index (χ0n) is 11.8. The minimum atomic E-state index is -0.596. The predicted octanol–water partition coefficient (Wildman–Crippen LogP) is 1.80. The summed E-state index contributed by atoms with van der Waals surface area (Å²) in [5.41, 5.74) is 0.157. The van der Waals surface area contributed by atoms with E-state index in [1.54, 1.807) is 6.92 Å². The second kappa shape index (κ2) is 7.59. The third kappa shape index (κ3) is 4.31. The van der Waals surface area contributed by atoms with Crippen LogP contribution in [0.15, 0.2) is 18.2 Å². The molecule has 1 unspecified atom stereocenters. The summed E-state index contributed by atoms with van der Waals surface area (Å²) in [6.45, 7) is 4.93. The lowest BCUT2D eigenvalue weighted by Gasteiger charge is -2.13. The molecule has 1 atom stereocenters. The van der Waals surface area contributed by atoms with Crippen molar-refractivity contribution in [2.45, 2.75) is 13.8 Å². The molecule has 0 spiro atoms. The lowest BCUT2D eigenvalue weighted by Crippen LogP contribution is -2.30. The Hall–Kier alpha value is -1.95. The standard InChI is InChI=1S/C14H19FN2O3/c1-4-16-8-9(2)13(18)17-12-7-10(14(19)20-3)5-6-11(12)15/h5-7,9,16H,4,8H2,1-3H3,(H,17,18). The topological polar surface area (TPSA) is 67.4 Å². The van der Waals surface area contributed by atoms with Crippen LogP contribution in [0.25, 0.3) is 0 Å². The van der Waals surface area contributed by atoms with E-state index in [1.807, 2.05) is 6.92 Å². The summed E-state index contributed by atoms with van der Waals surface area (Å²) in [4.78, 5) is 23.3. The largest absolute Gasteiger partial charge is 0.465 e. The van der Waals surface area contributed by atoms with Crippen molar-refractivity contribution in [2.75, 3.05) is 25.5 Å². The van der Waals surface area contributed by atoms with Crippen LogP contribution in [-0.2, 0) is 9.53 Å². The predicted molar refractivity (Wildman–Crippen MR) is 74.1 cm³/mol. The van der Waals surface area contributed by atoms with E-state index in [1.165, 1.54) is 19.2 Å². The smallest absolute Gasteiger partial charge is 0.337 e. The van der Waals surface area contributed by atoms with Crippen LogP contribution in [0.5, 0.6) is 0 Å². The number of carbonyl (C=O) groups is 2. The zero-order valence-corrected chi connectivity index (χ0v) is 11.8. The molecule has 0 heterocycles. The summed E-state index contributed by atoms with van der Waals surface area (Å²) < 4.78 is 18.2. The van der Waals surface area contributed by atoms with Crippen molar-refractivity contribution in [3.05, 3.63) is 29.6 Å². The van der Waals surface area contributed by atoms with Crippen molar-refractivity contribution in [3.8, 4) is 0 Å². The Morgan fingerprint density at radius 3 is 2.70 bits per heavy atom. The number of esters is 1. The number of anilines is 1. The molecule has 6 heteroatoms. The van der Waals surface area contributed by atoms with E-state index < -0.39 is 11.8 Å². The van der Waals surface area contributed by atoms with Gasteiger partial charge in [-0.2, -0.15) is 0 Å². The molecule has 1 aromatic carbocycles. The van der Waals surface area contributed by atoms with Crippen LogP contribution in [0, 0.1) is 11.7 Å². The first-order valence-corrected chi connectivity index (χ1v) is 6.39. The molecule has 5 nitrogen and oxygen atoms in total. The highest BCUT2D eigenvalue weighted by molar-refractivity contribution is 5.95. The number of ether oxygens (including phenoxy) is 1. The molecule has 0 bridgehead atoms. The molecule has 0 aromatic heterocycles. The fourth-order valence-corrected chi connectivity index (χ4v) is 1.58. The van der Waals surface area contributed by atoms with Crippen molar-refractivity contribution in [1.29, 1.82) is 0 Å². The molecule has 0 aliphatic heterocycles. The van der Waals surface area contributed by atoms with E-state index in [0.717, 1.165) is 12.6 Å². The van der Waals surface area contributed by atoms with Gasteiger partial charge in [0.25, 0.3) is 0 Å². The molecule has 110 valence electrons. The summed E-state index contributed by atoms with van der Waals surface area (Å²) >= 11 is 0. The van der Waals surface area contributed by atoms with Gasteiger partial charge in [-0.25, -0.2) is 9.18 Å². The van der Waals surface area contributed by atoms with Gasteiger partial charge in [-0.1, -0.05) is 13.8 Å². The van der Waals surface area contributed by atoms with Crippen LogP contribution in [0.3, 0.4) is 0 Å². The Morgan fingerprint density at radius 1 is 1.40 bits per heavy atom. The number of hydrogen-bond donors (Lipinski definition) is 2. The van der Waals surface area contributed by atoms with Crippen molar-refractivity contribution in [3.63, 3.8) is 0 Å². The normalized spacial score (nSPS) is 11.8. The number of rotatable bonds is 6. The molecule has 1 aromatic rings. The second-order valence-corrected chi connectivity index (χ2v) is 4.38. The van der Waals surface area contributed by atoms with E-state index in [2.05, 4.69) is 15.4 Å². The fourth-order valence-electron chi connectivity index (χ4n) is 1.58. The number of hydrogen-bond acceptors (Lipinski definition) is 4. The first-order valence-electron chi connectivity index (χ1n) is 6.39. The first-order chi connectivity index (χ1) is 9.49. The maximum absolute atomic E-state index is 13.6. The van der Waals surface area contributed by atoms with Crippen molar-refractivity contribution >= 4 is 17.6 Å². The van der Waals surface area contributed by atoms with Crippen LogP contribution in [-0.4, -0.2) is 32.1 Å². The van der Waals surface area contributed by atoms with Gasteiger partial charge in [0, 0.05) is 12.5 Å². The summed E-state index contributed by atoms with van der Waals surface area (Å²) in [5.74, 6) is -1.80. The lowest BCUT2D eigenvalue weighted by atomic mass is 10.1. The van der Waals surface area contributed by atoms with E-state index in [0.29, 0.717) is 6.54 Å². The molecule has 1 amide bonds. The van der Waals surface area contributed by atoms with Gasteiger partial charge in [-0.3, -0.25) is 4.79 Å². The van der Waals surface area contributed by atoms with Gasteiger partial charge < -0.3 is 15.4 Å². The maximum Gasteiger partial charge on any atom is 0.337 e. The molecule has 20 heavy (non-hydrogen) atoms. The Morgan fingerprint density at radius 2 is 2.10 bits per heavy atom. The average Bonchev–Trinajstić information content (AvgIpc) is 2.45. The monoisotopic (exact) mass is 282 g/mol. The molecule has 0 saturated carbocycles. The van der Waals surface area contributed by atoms with Gasteiger partial charge in [-0.05, 0) is 24.7 Å². The maximum atomic E-state index is 13.6. The summed E-state index contributed by atoms with van der Waals surface area (Å²) in [6.07, 6.45) is 0. The number of carbonyl (C=O) groups excluding carboxylic acids is 2. The molecular formula is C14H19FN2O3. The number of halogens is 1. The minimum Gasteiger partial charge on any atom is -0.465 e. The quantitative estimate of drug-likeness (QED) is 0.781. The van der Waals surface area contributed by atoms with E-state index in [4.69, 9.17) is 0 Å². The highest BCUT2D eigenvalue weighted by atomic mass is 19.1. The number of nitrogens with one attached hydrogen (secondary N) is 2. The van der Waals surface area contributed by atoms with Crippen molar-refractivity contribution in [1.82, 2.24) is 5.32 Å². The van der Waals surface area contributed by atoms with E-state index in [9.17, 15) is 14.0 Å². The molecular weight excluding hydrogens is 263 g/mol. The molecule has 0 radical (unpaired) electrons. The molecule has 0 aliphatic rings. The van der Waals surface area contributed by atoms with Crippen LogP contribution < -0.4 is 10.6 Å². The van der Waals surface area contributed by atoms with Crippen LogP contribution in [0.4, 0.5) is 10.1 Å². The van der Waals surface area contributed by atoms with Crippen molar-refractivity contribution in [2.24, 2.45) is 5.92 Å². The minimum absolute atomic E-state index is 0.0266. The third-order valence-corrected chi connectivity index (χ3v) is 2.79. The zero-order chi connectivity index (χ0) is 15.1.